The maximum Gasteiger partial charge on any atom is 0.411 e. The van der Waals surface area contributed by atoms with E-state index in [0.29, 0.717) is 0 Å². The van der Waals surface area contributed by atoms with E-state index >= 15 is 0 Å². The SMILES string of the molecule is COC(=O)N1C(C(=O)O)C(C)(C)SC1(C)C. The largest absolute Gasteiger partial charge is 0.480 e. The van der Waals surface area contributed by atoms with Gasteiger partial charge in [0.25, 0.3) is 0 Å². The van der Waals surface area contributed by atoms with E-state index in [-0.39, 0.29) is 0 Å². The van der Waals surface area contributed by atoms with E-state index in [2.05, 4.69) is 4.74 Å². The van der Waals surface area contributed by atoms with Crippen molar-refractivity contribution in [3.63, 3.8) is 0 Å². The first kappa shape index (κ1) is 13.2. The van der Waals surface area contributed by atoms with Crippen LogP contribution < -0.4 is 0 Å². The van der Waals surface area contributed by atoms with Crippen LogP contribution in [0.2, 0.25) is 0 Å². The fourth-order valence-corrected chi connectivity index (χ4v) is 4.09. The second-order valence-corrected chi connectivity index (χ2v) is 6.99. The summed E-state index contributed by atoms with van der Waals surface area (Å²) >= 11 is 1.46. The summed E-state index contributed by atoms with van der Waals surface area (Å²) in [7, 11) is 1.26. The first-order valence-corrected chi connectivity index (χ1v) is 5.75. The number of hydrogen-bond donors (Lipinski definition) is 1. The van der Waals surface area contributed by atoms with Gasteiger partial charge in [-0.25, -0.2) is 9.59 Å². The number of nitrogens with zero attached hydrogens (tertiary/aromatic N) is 1. The van der Waals surface area contributed by atoms with Crippen molar-refractivity contribution in [3.05, 3.63) is 0 Å². The van der Waals surface area contributed by atoms with E-state index in [1.165, 1.54) is 23.8 Å². The average molecular weight is 247 g/mol. The van der Waals surface area contributed by atoms with Crippen molar-refractivity contribution >= 4 is 23.8 Å². The third kappa shape index (κ3) is 1.98. The molecule has 0 spiro atoms. The molecule has 6 heteroatoms. The molecule has 92 valence electrons. The minimum atomic E-state index is -1.01. The molecule has 1 fully saturated rings. The van der Waals surface area contributed by atoms with E-state index in [1.54, 1.807) is 0 Å². The molecule has 1 N–H and O–H groups in total. The molecule has 0 aromatic rings. The number of hydrogen-bond acceptors (Lipinski definition) is 4. The first-order valence-electron chi connectivity index (χ1n) is 4.94. The van der Waals surface area contributed by atoms with Crippen LogP contribution in [0, 0.1) is 0 Å². The lowest BCUT2D eigenvalue weighted by molar-refractivity contribution is -0.143. The summed E-state index contributed by atoms with van der Waals surface area (Å²) in [5, 5.41) is 9.23. The van der Waals surface area contributed by atoms with Gasteiger partial charge in [0.15, 0.2) is 0 Å². The van der Waals surface area contributed by atoms with Crippen LogP contribution in [0.1, 0.15) is 27.7 Å². The predicted molar refractivity (Wildman–Crippen MR) is 61.4 cm³/mol. The number of methoxy groups -OCH3 is 1. The number of carbonyl (C=O) groups excluding carboxylic acids is 1. The Balaban J connectivity index is 3.19. The molecule has 1 saturated heterocycles. The molecule has 0 saturated carbocycles. The zero-order chi connectivity index (χ0) is 12.7. The molecule has 1 aliphatic heterocycles. The fourth-order valence-electron chi connectivity index (χ4n) is 2.20. The summed E-state index contributed by atoms with van der Waals surface area (Å²) < 4.78 is 4.12. The zero-order valence-electron chi connectivity index (χ0n) is 10.1. The van der Waals surface area contributed by atoms with Crippen molar-refractivity contribution in [2.75, 3.05) is 7.11 Å². The van der Waals surface area contributed by atoms with Gasteiger partial charge in [0.1, 0.15) is 6.04 Å². The maximum absolute atomic E-state index is 11.7. The molecular formula is C10H17NO4S. The zero-order valence-corrected chi connectivity index (χ0v) is 10.9. The number of carbonyl (C=O) groups is 2. The van der Waals surface area contributed by atoms with Gasteiger partial charge in [-0.15, -0.1) is 11.8 Å². The second kappa shape index (κ2) is 3.84. The summed E-state index contributed by atoms with van der Waals surface area (Å²) in [6, 6.07) is -0.875. The van der Waals surface area contributed by atoms with Crippen molar-refractivity contribution in [2.45, 2.75) is 43.4 Å². The van der Waals surface area contributed by atoms with Gasteiger partial charge in [0.2, 0.25) is 0 Å². The van der Waals surface area contributed by atoms with Crippen molar-refractivity contribution < 1.29 is 19.4 Å². The summed E-state index contributed by atoms with van der Waals surface area (Å²) in [5.74, 6) is -1.01. The van der Waals surface area contributed by atoms with Crippen LogP contribution in [0.5, 0.6) is 0 Å². The number of carboxylic acid groups (broad SMARTS) is 1. The van der Waals surface area contributed by atoms with Gasteiger partial charge < -0.3 is 9.84 Å². The maximum atomic E-state index is 11.7. The van der Waals surface area contributed by atoms with Gasteiger partial charge in [0.05, 0.1) is 12.0 Å². The van der Waals surface area contributed by atoms with Gasteiger partial charge >= 0.3 is 12.1 Å². The van der Waals surface area contributed by atoms with Crippen molar-refractivity contribution in [3.8, 4) is 0 Å². The van der Waals surface area contributed by atoms with Gasteiger partial charge in [0, 0.05) is 4.75 Å². The van der Waals surface area contributed by atoms with Crippen LogP contribution in [0.25, 0.3) is 0 Å². The number of ether oxygens (including phenoxy) is 1. The molecule has 0 aromatic heterocycles. The van der Waals surface area contributed by atoms with Gasteiger partial charge in [-0.3, -0.25) is 4.90 Å². The van der Waals surface area contributed by atoms with E-state index in [9.17, 15) is 14.7 Å². The predicted octanol–water partition coefficient (Wildman–Crippen LogP) is 1.77. The molecule has 1 heterocycles. The molecule has 0 bridgehead atoms. The minimum absolute atomic E-state index is 0.538. The van der Waals surface area contributed by atoms with Crippen molar-refractivity contribution in [1.29, 1.82) is 0 Å². The summed E-state index contributed by atoms with van der Waals surface area (Å²) in [6.07, 6.45) is -0.601. The highest BCUT2D eigenvalue weighted by Crippen LogP contribution is 2.51. The lowest BCUT2D eigenvalue weighted by Crippen LogP contribution is -2.53. The Morgan fingerprint density at radius 3 is 2.19 bits per heavy atom. The number of amides is 1. The third-order valence-corrected chi connectivity index (χ3v) is 4.06. The Morgan fingerprint density at radius 1 is 1.31 bits per heavy atom. The lowest BCUT2D eigenvalue weighted by atomic mass is 10.0. The van der Waals surface area contributed by atoms with Crippen LogP contribution in [-0.4, -0.2) is 44.8 Å². The fraction of sp³-hybridized carbons (Fsp3) is 0.800. The molecule has 0 radical (unpaired) electrons. The molecule has 1 unspecified atom stereocenters. The van der Waals surface area contributed by atoms with E-state index in [4.69, 9.17) is 0 Å². The Bertz CT molecular complexity index is 327. The lowest BCUT2D eigenvalue weighted by Gasteiger charge is -2.31. The highest BCUT2D eigenvalue weighted by molar-refractivity contribution is 8.02. The topological polar surface area (TPSA) is 66.8 Å². The second-order valence-electron chi connectivity index (χ2n) is 4.73. The monoisotopic (exact) mass is 247 g/mol. The number of rotatable bonds is 1. The van der Waals surface area contributed by atoms with E-state index in [1.807, 2.05) is 27.7 Å². The van der Waals surface area contributed by atoms with Crippen molar-refractivity contribution in [1.82, 2.24) is 4.90 Å². The quantitative estimate of drug-likeness (QED) is 0.765. The molecule has 0 aliphatic carbocycles. The van der Waals surface area contributed by atoms with Gasteiger partial charge in [-0.1, -0.05) is 0 Å². The molecule has 1 atom stereocenters. The van der Waals surface area contributed by atoms with Gasteiger partial charge in [-0.2, -0.15) is 0 Å². The average Bonchev–Trinajstić information content (AvgIpc) is 2.28. The molecule has 16 heavy (non-hydrogen) atoms. The van der Waals surface area contributed by atoms with Crippen LogP contribution in [0.4, 0.5) is 4.79 Å². The Labute approximate surface area is 99.1 Å². The van der Waals surface area contributed by atoms with E-state index < -0.39 is 27.7 Å². The summed E-state index contributed by atoms with van der Waals surface area (Å²) in [4.78, 5) is 23.6. The number of carboxylic acids is 1. The third-order valence-electron chi connectivity index (χ3n) is 2.61. The van der Waals surface area contributed by atoms with Crippen LogP contribution in [0.3, 0.4) is 0 Å². The summed E-state index contributed by atoms with van der Waals surface area (Å²) in [5.41, 5.74) is 0. The highest BCUT2D eigenvalue weighted by atomic mass is 32.2. The molecule has 1 amide bonds. The molecule has 5 nitrogen and oxygen atoms in total. The molecule has 0 aromatic carbocycles. The highest BCUT2D eigenvalue weighted by Gasteiger charge is 2.57. The minimum Gasteiger partial charge on any atom is -0.480 e. The smallest absolute Gasteiger partial charge is 0.411 e. The molecule has 1 rings (SSSR count). The standard InChI is InChI=1S/C10H17NO4S/c1-9(2)6(7(12)13)11(8(14)15-5)10(3,4)16-9/h6H,1-5H3,(H,12,13). The Hall–Kier alpha value is -0.910. The van der Waals surface area contributed by atoms with E-state index in [0.717, 1.165) is 0 Å². The van der Waals surface area contributed by atoms with Crippen LogP contribution in [-0.2, 0) is 9.53 Å². The number of thioether (sulfide) groups is 1. The van der Waals surface area contributed by atoms with Gasteiger partial charge in [-0.05, 0) is 27.7 Å². The van der Waals surface area contributed by atoms with Crippen LogP contribution >= 0.6 is 11.8 Å². The molecule has 1 aliphatic rings. The number of aliphatic carboxylic acids is 1. The Kier molecular flexibility index (Phi) is 3.15. The first-order chi connectivity index (χ1) is 7.13. The van der Waals surface area contributed by atoms with Crippen molar-refractivity contribution in [2.24, 2.45) is 0 Å². The molecular weight excluding hydrogens is 230 g/mol. The Morgan fingerprint density at radius 2 is 1.81 bits per heavy atom. The normalized spacial score (nSPS) is 26.6. The summed E-state index contributed by atoms with van der Waals surface area (Å²) in [6.45, 7) is 7.28. The van der Waals surface area contributed by atoms with Crippen LogP contribution in [0.15, 0.2) is 0 Å².